The number of nitrogens with one attached hydrogen (secondary N) is 2. The van der Waals surface area contributed by atoms with Crippen LogP contribution in [-0.2, 0) is 11.8 Å². The third-order valence-electron chi connectivity index (χ3n) is 4.86. The smallest absolute Gasteiger partial charge is 0.871 e. The van der Waals surface area contributed by atoms with Crippen molar-refractivity contribution in [2.24, 2.45) is 7.05 Å². The number of carboxylic acid groups (broad SMARTS) is 1. The zero-order chi connectivity index (χ0) is 25.8. The number of hydrogen-bond acceptors (Lipinski definition) is 6. The molecule has 1 heterocycles. The number of carboxylic acids is 1. The minimum absolute atomic E-state index is 0. The topological polar surface area (TPSA) is 136 Å². The van der Waals surface area contributed by atoms with Crippen LogP contribution in [0.5, 0.6) is 11.5 Å². The van der Waals surface area contributed by atoms with Crippen molar-refractivity contribution in [3.63, 3.8) is 0 Å². The van der Waals surface area contributed by atoms with Crippen molar-refractivity contribution < 1.29 is 96.8 Å². The maximum atomic E-state index is 12.9. The van der Waals surface area contributed by atoms with E-state index in [-0.39, 0.29) is 70.2 Å². The van der Waals surface area contributed by atoms with Gasteiger partial charge in [-0.3, -0.25) is 4.79 Å². The van der Waals surface area contributed by atoms with Crippen LogP contribution in [-0.4, -0.2) is 22.9 Å². The number of anilines is 1. The fourth-order valence-corrected chi connectivity index (χ4v) is 3.28. The van der Waals surface area contributed by atoms with Crippen molar-refractivity contribution in [2.75, 3.05) is 5.32 Å². The summed E-state index contributed by atoms with van der Waals surface area (Å²) in [6.45, 7) is 0. The van der Waals surface area contributed by atoms with Crippen LogP contribution in [0.2, 0.25) is 0 Å². The van der Waals surface area contributed by atoms with Crippen molar-refractivity contribution in [1.29, 1.82) is 0 Å². The summed E-state index contributed by atoms with van der Waals surface area (Å²) in [5, 5.41) is 27.7. The number of benzene rings is 2. The molecule has 0 unspecified atom stereocenters. The molecule has 2 N–H and O–H groups in total. The Bertz CT molecular complexity index is 1300. The van der Waals surface area contributed by atoms with E-state index in [9.17, 15) is 37.8 Å². The summed E-state index contributed by atoms with van der Waals surface area (Å²) in [5.74, 6) is -2.86. The second-order valence-corrected chi connectivity index (χ2v) is 7.37. The van der Waals surface area contributed by atoms with Gasteiger partial charge in [0.25, 0.3) is 5.56 Å². The average Bonchev–Trinajstić information content (AvgIpc) is 2.78. The van der Waals surface area contributed by atoms with Gasteiger partial charge in [0.05, 0.1) is 6.04 Å². The molecule has 1 atom stereocenters. The van der Waals surface area contributed by atoms with Crippen LogP contribution in [0.1, 0.15) is 18.0 Å². The summed E-state index contributed by atoms with van der Waals surface area (Å²) >= 11 is 0. The first-order valence-corrected chi connectivity index (χ1v) is 10.0. The van der Waals surface area contributed by atoms with Gasteiger partial charge in [-0.15, -0.1) is 13.2 Å². The SMILES string of the molecule is Cn1ccc([O-])c(NC(=O)N[C@@H](CC(=O)[O-])c2ccc(OC(F)(F)F)c(-c3ccccc3)c2)c1=O.[Na+].[Na+]. The van der Waals surface area contributed by atoms with E-state index in [1.165, 1.54) is 31.4 Å². The molecular formula is C23H18F3N3Na2O6. The number of pyridine rings is 1. The molecule has 9 nitrogen and oxygen atoms in total. The van der Waals surface area contributed by atoms with Crippen molar-refractivity contribution >= 4 is 17.7 Å². The van der Waals surface area contributed by atoms with E-state index in [1.54, 1.807) is 18.2 Å². The monoisotopic (exact) mass is 535 g/mol. The van der Waals surface area contributed by atoms with E-state index < -0.39 is 53.6 Å². The van der Waals surface area contributed by atoms with Crippen molar-refractivity contribution in [3.05, 3.63) is 76.7 Å². The number of ether oxygens (including phenoxy) is 1. The molecule has 0 bridgehead atoms. The molecule has 2 amide bonds. The zero-order valence-electron chi connectivity index (χ0n) is 20.1. The first-order chi connectivity index (χ1) is 16.4. The van der Waals surface area contributed by atoms with E-state index >= 15 is 0 Å². The number of hydrogen-bond donors (Lipinski definition) is 2. The van der Waals surface area contributed by atoms with Gasteiger partial charge in [0, 0.05) is 31.2 Å². The molecular weight excluding hydrogens is 517 g/mol. The first kappa shape index (κ1) is 32.5. The molecule has 0 fully saturated rings. The summed E-state index contributed by atoms with van der Waals surface area (Å²) in [4.78, 5) is 36.0. The van der Waals surface area contributed by atoms with Crippen molar-refractivity contribution in [1.82, 2.24) is 9.88 Å². The van der Waals surface area contributed by atoms with E-state index in [1.807, 2.05) is 0 Å². The summed E-state index contributed by atoms with van der Waals surface area (Å²) in [6, 6.07) is 9.96. The van der Waals surface area contributed by atoms with Crippen LogP contribution in [0.25, 0.3) is 11.1 Å². The molecule has 0 radical (unpaired) electrons. The number of aliphatic carboxylic acids is 1. The third-order valence-corrected chi connectivity index (χ3v) is 4.86. The van der Waals surface area contributed by atoms with Gasteiger partial charge in [-0.2, -0.15) is 0 Å². The van der Waals surface area contributed by atoms with Crippen LogP contribution in [0.15, 0.2) is 65.6 Å². The Hall–Kier alpha value is -2.48. The van der Waals surface area contributed by atoms with Crippen LogP contribution in [0.4, 0.5) is 23.7 Å². The number of carbonyl (C=O) groups excluding carboxylic acids is 2. The number of alkyl halides is 3. The quantitative estimate of drug-likeness (QED) is 0.297. The van der Waals surface area contributed by atoms with Crippen LogP contribution in [0.3, 0.4) is 0 Å². The summed E-state index contributed by atoms with van der Waals surface area (Å²) < 4.78 is 43.9. The Labute approximate surface area is 253 Å². The Morgan fingerprint density at radius 3 is 2.32 bits per heavy atom. The fourth-order valence-electron chi connectivity index (χ4n) is 3.28. The molecule has 0 saturated heterocycles. The fraction of sp³-hybridized carbons (Fsp3) is 0.174. The Morgan fingerprint density at radius 2 is 1.73 bits per heavy atom. The normalized spacial score (nSPS) is 11.4. The number of aromatic nitrogens is 1. The van der Waals surface area contributed by atoms with Gasteiger partial charge in [-0.1, -0.05) is 48.2 Å². The number of aryl methyl sites for hydroxylation is 1. The largest absolute Gasteiger partial charge is 1.00 e. The maximum Gasteiger partial charge on any atom is 1.00 e. The van der Waals surface area contributed by atoms with E-state index in [4.69, 9.17) is 0 Å². The van der Waals surface area contributed by atoms with E-state index in [0.717, 1.165) is 22.8 Å². The predicted molar refractivity (Wildman–Crippen MR) is 114 cm³/mol. The molecule has 0 aliphatic heterocycles. The van der Waals surface area contributed by atoms with Gasteiger partial charge >= 0.3 is 71.5 Å². The number of nitrogens with zero attached hydrogens (tertiary/aromatic N) is 1. The van der Waals surface area contributed by atoms with Crippen LogP contribution >= 0.6 is 0 Å². The third kappa shape index (κ3) is 9.09. The molecule has 184 valence electrons. The Kier molecular flexibility index (Phi) is 12.2. The summed E-state index contributed by atoms with van der Waals surface area (Å²) in [5.41, 5.74) is -0.900. The van der Waals surface area contributed by atoms with Gasteiger partial charge in [0.15, 0.2) is 0 Å². The molecule has 3 aromatic rings. The van der Waals surface area contributed by atoms with Gasteiger partial charge in [0.1, 0.15) is 11.4 Å². The van der Waals surface area contributed by atoms with Crippen molar-refractivity contribution in [3.8, 4) is 22.6 Å². The van der Waals surface area contributed by atoms with E-state index in [0.29, 0.717) is 5.56 Å². The molecule has 37 heavy (non-hydrogen) atoms. The molecule has 1 aromatic heterocycles. The molecule has 14 heteroatoms. The first-order valence-electron chi connectivity index (χ1n) is 10.0. The molecule has 0 aliphatic rings. The minimum Gasteiger partial charge on any atom is -0.871 e. The van der Waals surface area contributed by atoms with Gasteiger partial charge in [0.2, 0.25) is 0 Å². The van der Waals surface area contributed by atoms with Gasteiger partial charge in [-0.25, -0.2) is 4.79 Å². The van der Waals surface area contributed by atoms with Crippen LogP contribution in [0, 0.1) is 0 Å². The number of halogens is 3. The molecule has 0 aliphatic carbocycles. The number of rotatable bonds is 7. The Balaban J connectivity index is 0.00000342. The van der Waals surface area contributed by atoms with Gasteiger partial charge in [-0.05, 0) is 23.3 Å². The number of urea groups is 1. The molecule has 2 aromatic carbocycles. The minimum atomic E-state index is -4.98. The zero-order valence-corrected chi connectivity index (χ0v) is 24.1. The number of carbonyl (C=O) groups is 2. The summed E-state index contributed by atoms with van der Waals surface area (Å²) in [6.07, 6.45) is -4.52. The average molecular weight is 535 g/mol. The van der Waals surface area contributed by atoms with Crippen LogP contribution < -0.4 is 90.3 Å². The molecule has 0 saturated carbocycles. The van der Waals surface area contributed by atoms with E-state index in [2.05, 4.69) is 15.4 Å². The Morgan fingerprint density at radius 1 is 1.08 bits per heavy atom. The second-order valence-electron chi connectivity index (χ2n) is 7.37. The standard InChI is InChI=1S/C23H20F3N3O6.2Na/c1-29-10-9-17(30)20(21(29)33)28-22(34)27-16(12-19(31)32)14-7-8-18(35-23(24,25)26)15(11-14)13-5-3-2-4-6-13;;/h2-11,16,30H,12H2,1H3,(H,31,32)(H2,27,28,34);;/q;2*+1/p-2/t16-;;/m0../s1. The van der Waals surface area contributed by atoms with Crippen molar-refractivity contribution in [2.45, 2.75) is 18.8 Å². The number of amides is 2. The molecule has 3 rings (SSSR count). The van der Waals surface area contributed by atoms with Gasteiger partial charge < -0.3 is 34.9 Å². The predicted octanol–water partition coefficient (Wildman–Crippen LogP) is -3.96. The summed E-state index contributed by atoms with van der Waals surface area (Å²) in [7, 11) is 1.36. The second kappa shape index (κ2) is 13.9. The maximum absolute atomic E-state index is 12.9. The molecule has 0 spiro atoms.